The van der Waals surface area contributed by atoms with Crippen LogP contribution in [0.3, 0.4) is 0 Å². The van der Waals surface area contributed by atoms with Gasteiger partial charge in [0.2, 0.25) is 5.60 Å². The van der Waals surface area contributed by atoms with Gasteiger partial charge in [0.05, 0.1) is 18.5 Å². The molecule has 0 aliphatic heterocycles. The first kappa shape index (κ1) is 30.6. The number of aliphatic hydroxyl groups is 1. The number of halogens is 3. The summed E-state index contributed by atoms with van der Waals surface area (Å²) in [5.74, 6) is -1.20. The van der Waals surface area contributed by atoms with Crippen molar-refractivity contribution in [2.75, 3.05) is 13.7 Å². The third kappa shape index (κ3) is 6.97. The Kier molecular flexibility index (Phi) is 8.90. The van der Waals surface area contributed by atoms with E-state index in [1.54, 1.807) is 44.2 Å². The van der Waals surface area contributed by atoms with Gasteiger partial charge in [0.1, 0.15) is 0 Å². The fraction of sp³-hybridized carbons (Fsp3) is 0.345. The Morgan fingerprint density at radius 2 is 1.65 bits per heavy atom. The number of benzene rings is 2. The summed E-state index contributed by atoms with van der Waals surface area (Å²) in [5, 5.41) is 11.1. The first-order chi connectivity index (χ1) is 18.5. The quantitative estimate of drug-likeness (QED) is 0.293. The molecule has 11 heteroatoms. The minimum absolute atomic E-state index is 0.0259. The average molecular weight is 560 g/mol. The van der Waals surface area contributed by atoms with Gasteiger partial charge < -0.3 is 26.0 Å². The molecule has 1 heterocycles. The molecule has 0 fully saturated rings. The number of pyridine rings is 1. The van der Waals surface area contributed by atoms with Crippen LogP contribution in [0.2, 0.25) is 0 Å². The van der Waals surface area contributed by atoms with Crippen LogP contribution in [0.15, 0.2) is 54.6 Å². The summed E-state index contributed by atoms with van der Waals surface area (Å²) in [7, 11) is 1.30. The van der Waals surface area contributed by atoms with Gasteiger partial charge in [-0.2, -0.15) is 13.2 Å². The predicted octanol–water partition coefficient (Wildman–Crippen LogP) is 4.54. The minimum Gasteiger partial charge on any atom is -0.493 e. The third-order valence-electron chi connectivity index (χ3n) is 6.38. The van der Waals surface area contributed by atoms with Crippen LogP contribution >= 0.6 is 0 Å². The molecule has 5 N–H and O–H groups in total. The molecule has 0 bridgehead atoms. The molecule has 1 unspecified atom stereocenters. The minimum atomic E-state index is -5.16. The maximum atomic E-state index is 14.5. The summed E-state index contributed by atoms with van der Waals surface area (Å²) in [5.41, 5.74) is 8.21. The molecule has 0 aliphatic carbocycles. The molecule has 0 saturated heterocycles. The zero-order chi connectivity index (χ0) is 29.9. The number of hydrogen-bond donors (Lipinski definition) is 3. The van der Waals surface area contributed by atoms with Gasteiger partial charge in [0.15, 0.2) is 23.9 Å². The molecule has 0 radical (unpaired) electrons. The molecule has 0 spiro atoms. The van der Waals surface area contributed by atoms with E-state index in [1.165, 1.54) is 25.3 Å². The van der Waals surface area contributed by atoms with E-state index in [1.807, 2.05) is 6.92 Å². The molecular weight excluding hydrogens is 527 g/mol. The van der Waals surface area contributed by atoms with E-state index in [0.717, 1.165) is 11.6 Å². The normalized spacial score (nSPS) is 13.4. The van der Waals surface area contributed by atoms with Crippen LogP contribution in [0.4, 0.5) is 13.2 Å². The Morgan fingerprint density at radius 3 is 2.20 bits per heavy atom. The van der Waals surface area contributed by atoms with E-state index in [9.17, 15) is 27.9 Å². The summed E-state index contributed by atoms with van der Waals surface area (Å²) in [6, 6.07) is 13.7. The van der Waals surface area contributed by atoms with Gasteiger partial charge in [-0.05, 0) is 63.1 Å². The van der Waals surface area contributed by atoms with E-state index in [-0.39, 0.29) is 22.8 Å². The summed E-state index contributed by atoms with van der Waals surface area (Å²) >= 11 is 0. The largest absolute Gasteiger partial charge is 0.493 e. The lowest BCUT2D eigenvalue weighted by Crippen LogP contribution is -2.44. The topological polar surface area (TPSA) is 138 Å². The molecule has 214 valence electrons. The standard InChI is InChI=1S/C29H32F3N3O5/c1-17-5-7-18(8-6-17)21-14-20(27(2,3)34)15-25(35-21)28(38,29(30,31)32)12-11-22(36)19-9-10-23(24(13-19)39-4)40-16-26(33)37/h5-10,13-15,38H,11-12,16,34H2,1-4H3,(H2,33,37). The van der Waals surface area contributed by atoms with Gasteiger partial charge in [-0.3, -0.25) is 9.59 Å². The van der Waals surface area contributed by atoms with Gasteiger partial charge >= 0.3 is 6.18 Å². The number of alkyl halides is 3. The van der Waals surface area contributed by atoms with E-state index in [0.29, 0.717) is 11.1 Å². The number of nitrogens with zero attached hydrogens (tertiary/aromatic N) is 1. The van der Waals surface area contributed by atoms with Crippen LogP contribution in [0.25, 0.3) is 11.3 Å². The van der Waals surface area contributed by atoms with E-state index in [4.69, 9.17) is 20.9 Å². The average Bonchev–Trinajstić information content (AvgIpc) is 2.89. The summed E-state index contributed by atoms with van der Waals surface area (Å²) < 4.78 is 53.8. The number of hydrogen-bond acceptors (Lipinski definition) is 7. The molecule has 2 aromatic carbocycles. The Bertz CT molecular complexity index is 1390. The maximum Gasteiger partial charge on any atom is 0.422 e. The summed E-state index contributed by atoms with van der Waals surface area (Å²) in [4.78, 5) is 28.1. The van der Waals surface area contributed by atoms with Crippen molar-refractivity contribution in [1.29, 1.82) is 0 Å². The Balaban J connectivity index is 1.99. The van der Waals surface area contributed by atoms with Crippen molar-refractivity contribution < 1.29 is 37.3 Å². The van der Waals surface area contributed by atoms with Gasteiger partial charge in [-0.25, -0.2) is 4.98 Å². The molecule has 0 saturated carbocycles. The molecule has 0 aliphatic rings. The molecular formula is C29H32F3N3O5. The second-order valence-electron chi connectivity index (χ2n) is 10.1. The fourth-order valence-electron chi connectivity index (χ4n) is 3.95. The number of Topliss-reactive ketones (excluding diaryl/α,β-unsaturated/α-hetero) is 1. The van der Waals surface area contributed by atoms with E-state index >= 15 is 0 Å². The molecule has 8 nitrogen and oxygen atoms in total. The number of aromatic nitrogens is 1. The molecule has 1 aromatic heterocycles. The summed E-state index contributed by atoms with van der Waals surface area (Å²) in [6.45, 7) is 4.70. The highest BCUT2D eigenvalue weighted by Crippen LogP contribution is 2.43. The number of amides is 1. The second kappa shape index (κ2) is 11.6. The van der Waals surface area contributed by atoms with Crippen LogP contribution in [-0.4, -0.2) is 41.7 Å². The number of ether oxygens (including phenoxy) is 2. The zero-order valence-electron chi connectivity index (χ0n) is 22.6. The van der Waals surface area contributed by atoms with Crippen molar-refractivity contribution in [2.24, 2.45) is 11.5 Å². The molecule has 40 heavy (non-hydrogen) atoms. The molecule has 1 atom stereocenters. The van der Waals surface area contributed by atoms with Crippen molar-refractivity contribution in [3.8, 4) is 22.8 Å². The number of aryl methyl sites for hydroxylation is 1. The highest BCUT2D eigenvalue weighted by molar-refractivity contribution is 5.96. The Labute approximate surface area is 230 Å². The van der Waals surface area contributed by atoms with E-state index in [2.05, 4.69) is 4.98 Å². The predicted molar refractivity (Wildman–Crippen MR) is 143 cm³/mol. The monoisotopic (exact) mass is 559 g/mol. The van der Waals surface area contributed by atoms with Crippen LogP contribution in [-0.2, 0) is 15.9 Å². The van der Waals surface area contributed by atoms with Crippen LogP contribution in [0, 0.1) is 6.92 Å². The van der Waals surface area contributed by atoms with E-state index < -0.39 is 54.1 Å². The zero-order valence-corrected chi connectivity index (χ0v) is 22.6. The third-order valence-corrected chi connectivity index (χ3v) is 6.38. The number of carbonyl (C=O) groups excluding carboxylic acids is 2. The fourth-order valence-corrected chi connectivity index (χ4v) is 3.95. The molecule has 1 amide bonds. The highest BCUT2D eigenvalue weighted by Gasteiger charge is 2.56. The van der Waals surface area contributed by atoms with Crippen LogP contribution in [0.5, 0.6) is 11.5 Å². The number of methoxy groups -OCH3 is 1. The Morgan fingerprint density at radius 1 is 1.00 bits per heavy atom. The molecule has 3 aromatic rings. The van der Waals surface area contributed by atoms with Crippen LogP contribution in [0.1, 0.15) is 53.9 Å². The van der Waals surface area contributed by atoms with Crippen molar-refractivity contribution >= 4 is 11.7 Å². The lowest BCUT2D eigenvalue weighted by molar-refractivity contribution is -0.270. The lowest BCUT2D eigenvalue weighted by Gasteiger charge is -2.32. The summed E-state index contributed by atoms with van der Waals surface area (Å²) in [6.07, 6.45) is -6.82. The maximum absolute atomic E-state index is 14.5. The van der Waals surface area contributed by atoms with Crippen molar-refractivity contribution in [2.45, 2.75) is 50.9 Å². The van der Waals surface area contributed by atoms with Crippen molar-refractivity contribution in [3.63, 3.8) is 0 Å². The SMILES string of the molecule is COc1cc(C(=O)CCC(O)(c2cc(C(C)(C)N)cc(-c3ccc(C)cc3)n2)C(F)(F)F)ccc1OCC(N)=O. The number of ketones is 1. The molecule has 3 rings (SSSR count). The van der Waals surface area contributed by atoms with Gasteiger partial charge in [0.25, 0.3) is 5.91 Å². The number of primary amides is 1. The van der Waals surface area contributed by atoms with Gasteiger partial charge in [0, 0.05) is 23.1 Å². The Hall–Kier alpha value is -3.96. The lowest BCUT2D eigenvalue weighted by atomic mass is 9.86. The first-order valence-electron chi connectivity index (χ1n) is 12.4. The second-order valence-corrected chi connectivity index (χ2v) is 10.1. The smallest absolute Gasteiger partial charge is 0.422 e. The number of rotatable bonds is 11. The van der Waals surface area contributed by atoms with Crippen molar-refractivity contribution in [3.05, 3.63) is 77.0 Å². The highest BCUT2D eigenvalue weighted by atomic mass is 19.4. The first-order valence-corrected chi connectivity index (χ1v) is 12.4. The number of carbonyl (C=O) groups is 2. The van der Waals surface area contributed by atoms with Gasteiger partial charge in [-0.1, -0.05) is 29.8 Å². The van der Waals surface area contributed by atoms with Crippen LogP contribution < -0.4 is 20.9 Å². The number of nitrogens with two attached hydrogens (primary N) is 2. The van der Waals surface area contributed by atoms with Crippen molar-refractivity contribution in [1.82, 2.24) is 4.98 Å². The van der Waals surface area contributed by atoms with Gasteiger partial charge in [-0.15, -0.1) is 0 Å².